The first kappa shape index (κ1) is 20.4. The second kappa shape index (κ2) is 7.29. The third-order valence-electron chi connectivity index (χ3n) is 7.19. The van der Waals surface area contributed by atoms with Crippen LogP contribution in [0.15, 0.2) is 29.3 Å². The molecule has 6 rings (SSSR count). The lowest BCUT2D eigenvalue weighted by molar-refractivity contribution is -0.384. The summed E-state index contributed by atoms with van der Waals surface area (Å²) in [5, 5.41) is 19.1. The van der Waals surface area contributed by atoms with Gasteiger partial charge in [0.15, 0.2) is 0 Å². The maximum atomic E-state index is 13.6. The molecule has 0 spiro atoms. The Bertz CT molecular complexity index is 1040. The average Bonchev–Trinajstić information content (AvgIpc) is 3.15. The zero-order chi connectivity index (χ0) is 21.8. The van der Waals surface area contributed by atoms with Gasteiger partial charge in [-0.2, -0.15) is 0 Å². The van der Waals surface area contributed by atoms with Crippen molar-refractivity contribution in [2.45, 2.75) is 51.0 Å². The number of carbonyl (C=O) groups excluding carboxylic acids is 1. The molecule has 1 aromatic carbocycles. The lowest BCUT2D eigenvalue weighted by atomic mass is 9.46. The number of nitro benzene ring substituents is 1. The highest BCUT2D eigenvalue weighted by Gasteiger charge is 2.61. The third kappa shape index (κ3) is 3.40. The van der Waals surface area contributed by atoms with Gasteiger partial charge in [-0.15, -0.1) is 5.10 Å². The van der Waals surface area contributed by atoms with Gasteiger partial charge in [-0.3, -0.25) is 14.9 Å². The summed E-state index contributed by atoms with van der Waals surface area (Å²) >= 11 is 3.34. The Kier molecular flexibility index (Phi) is 4.80. The van der Waals surface area contributed by atoms with Gasteiger partial charge in [0.25, 0.3) is 5.69 Å². The molecule has 0 radical (unpaired) electrons. The third-order valence-corrected chi connectivity index (χ3v) is 7.55. The maximum absolute atomic E-state index is 13.6. The highest BCUT2D eigenvalue weighted by Crippen LogP contribution is 2.64. The smallest absolute Gasteiger partial charge is 0.296 e. The van der Waals surface area contributed by atoms with Crippen LogP contribution in [0.25, 0.3) is 0 Å². The van der Waals surface area contributed by atoms with E-state index in [0.717, 1.165) is 32.1 Å². The summed E-state index contributed by atoms with van der Waals surface area (Å²) in [6.07, 6.45) is 7.19. The quantitative estimate of drug-likeness (QED) is 0.478. The number of ether oxygens (including phenoxy) is 1. The molecule has 2 aromatic rings. The van der Waals surface area contributed by atoms with Gasteiger partial charge in [0.05, 0.1) is 28.6 Å². The molecule has 4 fully saturated rings. The Morgan fingerprint density at radius 1 is 1.35 bits per heavy atom. The summed E-state index contributed by atoms with van der Waals surface area (Å²) in [5.41, 5.74) is -0.703. The molecular formula is C21H24BrN5O4. The summed E-state index contributed by atoms with van der Waals surface area (Å²) < 4.78 is 7.87. The van der Waals surface area contributed by atoms with Crippen LogP contribution in [-0.2, 0) is 10.3 Å². The maximum Gasteiger partial charge on any atom is 0.296 e. The van der Waals surface area contributed by atoms with Gasteiger partial charge in [0.1, 0.15) is 17.8 Å². The van der Waals surface area contributed by atoms with E-state index in [1.807, 2.05) is 11.6 Å². The van der Waals surface area contributed by atoms with Crippen LogP contribution >= 0.6 is 15.9 Å². The van der Waals surface area contributed by atoms with Crippen molar-refractivity contribution in [3.63, 3.8) is 0 Å². The largest absolute Gasteiger partial charge is 0.494 e. The van der Waals surface area contributed by atoms with Gasteiger partial charge in [-0.1, -0.05) is 0 Å². The molecule has 31 heavy (non-hydrogen) atoms. The number of nitrogens with one attached hydrogen (secondary N) is 1. The SMILES string of the molecule is CCOc1ccc(NC(=O)C23C[C@H]4C[C@H](C2)CC(n2cnc(Br)n2)(C4)C3)c([N+](=O)[O-])c1. The number of carbonyl (C=O) groups is 1. The number of nitrogens with zero attached hydrogens (tertiary/aromatic N) is 4. The molecule has 4 bridgehead atoms. The first-order chi connectivity index (χ1) is 14.8. The topological polar surface area (TPSA) is 112 Å². The van der Waals surface area contributed by atoms with Crippen molar-refractivity contribution in [2.75, 3.05) is 11.9 Å². The Hall–Kier alpha value is -2.49. The van der Waals surface area contributed by atoms with Crippen LogP contribution in [0.2, 0.25) is 0 Å². The van der Waals surface area contributed by atoms with Gasteiger partial charge < -0.3 is 10.1 Å². The monoisotopic (exact) mass is 489 g/mol. The van der Waals surface area contributed by atoms with Crippen LogP contribution < -0.4 is 10.1 Å². The van der Waals surface area contributed by atoms with E-state index in [0.29, 0.717) is 35.3 Å². The summed E-state index contributed by atoms with van der Waals surface area (Å²) in [5.74, 6) is 1.19. The van der Waals surface area contributed by atoms with Crippen LogP contribution in [0, 0.1) is 27.4 Å². The minimum Gasteiger partial charge on any atom is -0.494 e. The zero-order valence-corrected chi connectivity index (χ0v) is 18.8. The number of hydrogen-bond donors (Lipinski definition) is 1. The number of nitro groups is 1. The molecular weight excluding hydrogens is 466 g/mol. The molecule has 164 valence electrons. The number of aromatic nitrogens is 3. The number of halogens is 1. The van der Waals surface area contributed by atoms with Crippen molar-refractivity contribution >= 4 is 33.2 Å². The molecule has 1 amide bonds. The van der Waals surface area contributed by atoms with Crippen LogP contribution in [0.4, 0.5) is 11.4 Å². The predicted octanol–water partition coefficient (Wildman–Crippen LogP) is 4.28. The van der Waals surface area contributed by atoms with Gasteiger partial charge in [-0.05, 0) is 85.3 Å². The standard InChI is InChI=1S/C21H24BrN5O4/c1-2-31-15-3-4-16(17(6-15)27(29)30)24-18(28)20-7-13-5-14(8-20)10-21(9-13,11-20)26-12-23-19(22)25-26/h3-4,6,12-14H,2,5,7-11H2,1H3,(H,24,28)/t13-,14-,20?,21?/m1/s1. The first-order valence-electron chi connectivity index (χ1n) is 10.6. The molecule has 2 atom stereocenters. The summed E-state index contributed by atoms with van der Waals surface area (Å²) in [7, 11) is 0. The molecule has 1 N–H and O–H groups in total. The normalized spacial score (nSPS) is 30.9. The lowest BCUT2D eigenvalue weighted by Crippen LogP contribution is -2.60. The Morgan fingerprint density at radius 2 is 2.10 bits per heavy atom. The summed E-state index contributed by atoms with van der Waals surface area (Å²) in [6.45, 7) is 2.23. The van der Waals surface area contributed by atoms with Crippen molar-refractivity contribution in [3.05, 3.63) is 39.4 Å². The van der Waals surface area contributed by atoms with Crippen molar-refractivity contribution in [2.24, 2.45) is 17.3 Å². The fourth-order valence-electron chi connectivity index (χ4n) is 6.50. The van der Waals surface area contributed by atoms with E-state index < -0.39 is 10.3 Å². The molecule has 4 saturated carbocycles. The van der Waals surface area contributed by atoms with Crippen LogP contribution in [0.5, 0.6) is 5.75 Å². The minimum atomic E-state index is -0.547. The van der Waals surface area contributed by atoms with Crippen molar-refractivity contribution < 1.29 is 14.5 Å². The second-order valence-electron chi connectivity index (χ2n) is 9.25. The molecule has 4 aliphatic carbocycles. The van der Waals surface area contributed by atoms with Crippen LogP contribution in [0.1, 0.15) is 45.4 Å². The summed E-state index contributed by atoms with van der Waals surface area (Å²) in [4.78, 5) is 29.0. The Balaban J connectivity index is 1.45. The van der Waals surface area contributed by atoms with Crippen LogP contribution in [-0.4, -0.2) is 32.2 Å². The molecule has 0 saturated heterocycles. The number of rotatable bonds is 6. The van der Waals surface area contributed by atoms with E-state index in [-0.39, 0.29) is 22.8 Å². The van der Waals surface area contributed by atoms with E-state index in [1.165, 1.54) is 6.07 Å². The molecule has 1 aromatic heterocycles. The highest BCUT2D eigenvalue weighted by molar-refractivity contribution is 9.10. The average molecular weight is 490 g/mol. The first-order valence-corrected chi connectivity index (χ1v) is 11.4. The van der Waals surface area contributed by atoms with Crippen molar-refractivity contribution in [1.29, 1.82) is 0 Å². The van der Waals surface area contributed by atoms with Crippen molar-refractivity contribution in [3.8, 4) is 5.75 Å². The number of benzene rings is 1. The van der Waals surface area contributed by atoms with Crippen LogP contribution in [0.3, 0.4) is 0 Å². The predicted molar refractivity (Wildman–Crippen MR) is 116 cm³/mol. The second-order valence-corrected chi connectivity index (χ2v) is 9.96. The van der Waals surface area contributed by atoms with Gasteiger partial charge in [0, 0.05) is 0 Å². The van der Waals surface area contributed by atoms with Gasteiger partial charge in [-0.25, -0.2) is 9.67 Å². The lowest BCUT2D eigenvalue weighted by Gasteiger charge is -2.60. The number of amides is 1. The molecule has 4 aliphatic rings. The molecule has 1 heterocycles. The van der Waals surface area contributed by atoms with E-state index in [2.05, 4.69) is 31.3 Å². The highest BCUT2D eigenvalue weighted by atomic mass is 79.9. The molecule has 10 heteroatoms. The van der Waals surface area contributed by atoms with Crippen molar-refractivity contribution in [1.82, 2.24) is 14.8 Å². The Labute approximate surface area is 187 Å². The fraction of sp³-hybridized carbons (Fsp3) is 0.571. The van der Waals surface area contributed by atoms with E-state index in [4.69, 9.17) is 4.74 Å². The Morgan fingerprint density at radius 3 is 2.71 bits per heavy atom. The summed E-state index contributed by atoms with van der Waals surface area (Å²) in [6, 6.07) is 4.58. The van der Waals surface area contributed by atoms with E-state index in [9.17, 15) is 14.9 Å². The zero-order valence-electron chi connectivity index (χ0n) is 17.2. The minimum absolute atomic E-state index is 0.127. The van der Waals surface area contributed by atoms with E-state index >= 15 is 0 Å². The van der Waals surface area contributed by atoms with E-state index in [1.54, 1.807) is 18.5 Å². The fourth-order valence-corrected chi connectivity index (χ4v) is 6.76. The molecule has 9 nitrogen and oxygen atoms in total. The number of hydrogen-bond acceptors (Lipinski definition) is 6. The van der Waals surface area contributed by atoms with Gasteiger partial charge >= 0.3 is 0 Å². The molecule has 0 unspecified atom stereocenters. The van der Waals surface area contributed by atoms with Gasteiger partial charge in [0.2, 0.25) is 10.6 Å². The molecule has 0 aliphatic heterocycles. The number of anilines is 1.